The SMILES string of the molecule is Clc1cnc(-c2nnc3n2CCCC3)cn1. The lowest BCUT2D eigenvalue weighted by Gasteiger charge is -2.13. The van der Waals surface area contributed by atoms with E-state index in [1.165, 1.54) is 19.0 Å². The fourth-order valence-corrected chi connectivity index (χ4v) is 2.02. The van der Waals surface area contributed by atoms with E-state index in [1.807, 2.05) is 0 Å². The molecule has 0 amide bonds. The van der Waals surface area contributed by atoms with Crippen molar-refractivity contribution in [1.29, 1.82) is 0 Å². The molecule has 5 nitrogen and oxygen atoms in total. The van der Waals surface area contributed by atoms with Gasteiger partial charge in [0.05, 0.1) is 12.4 Å². The Bertz CT molecular complexity index is 504. The van der Waals surface area contributed by atoms with Gasteiger partial charge in [0.15, 0.2) is 5.82 Å². The Morgan fingerprint density at radius 3 is 2.88 bits per heavy atom. The first-order chi connectivity index (χ1) is 7.84. The number of hydrogen-bond acceptors (Lipinski definition) is 4. The Hall–Kier alpha value is -1.49. The van der Waals surface area contributed by atoms with Gasteiger partial charge < -0.3 is 4.57 Å². The number of fused-ring (bicyclic) bond motifs is 1. The van der Waals surface area contributed by atoms with Crippen LogP contribution < -0.4 is 0 Å². The van der Waals surface area contributed by atoms with Crippen LogP contribution in [0, 0.1) is 0 Å². The first-order valence-electron chi connectivity index (χ1n) is 5.24. The molecule has 1 aliphatic rings. The molecule has 1 aliphatic heterocycles. The Balaban J connectivity index is 2.06. The van der Waals surface area contributed by atoms with E-state index in [-0.39, 0.29) is 0 Å². The molecule has 0 aliphatic carbocycles. The van der Waals surface area contributed by atoms with Gasteiger partial charge in [0, 0.05) is 13.0 Å². The van der Waals surface area contributed by atoms with Crippen LogP contribution in [0.1, 0.15) is 18.7 Å². The molecule has 6 heteroatoms. The summed E-state index contributed by atoms with van der Waals surface area (Å²) in [5.74, 6) is 1.83. The molecule has 0 fully saturated rings. The van der Waals surface area contributed by atoms with Gasteiger partial charge in [-0.2, -0.15) is 0 Å². The van der Waals surface area contributed by atoms with E-state index in [9.17, 15) is 0 Å². The first-order valence-corrected chi connectivity index (χ1v) is 5.62. The minimum absolute atomic E-state index is 0.391. The second kappa shape index (κ2) is 3.83. The highest BCUT2D eigenvalue weighted by Gasteiger charge is 2.17. The normalized spacial score (nSPS) is 14.8. The largest absolute Gasteiger partial charge is 0.310 e. The van der Waals surface area contributed by atoms with Gasteiger partial charge in [0.1, 0.15) is 16.7 Å². The highest BCUT2D eigenvalue weighted by Crippen LogP contribution is 2.21. The van der Waals surface area contributed by atoms with E-state index in [2.05, 4.69) is 24.7 Å². The van der Waals surface area contributed by atoms with Crippen LogP contribution in [0.3, 0.4) is 0 Å². The molecule has 0 N–H and O–H groups in total. The van der Waals surface area contributed by atoms with Gasteiger partial charge >= 0.3 is 0 Å². The van der Waals surface area contributed by atoms with Gasteiger partial charge in [0.25, 0.3) is 0 Å². The fourth-order valence-electron chi connectivity index (χ4n) is 1.93. The molecule has 82 valence electrons. The van der Waals surface area contributed by atoms with Crippen molar-refractivity contribution in [2.45, 2.75) is 25.8 Å². The Morgan fingerprint density at radius 2 is 2.06 bits per heavy atom. The summed E-state index contributed by atoms with van der Waals surface area (Å²) < 4.78 is 2.11. The molecule has 2 aromatic heterocycles. The molecule has 0 aromatic carbocycles. The summed E-state index contributed by atoms with van der Waals surface area (Å²) in [6.07, 6.45) is 6.51. The van der Waals surface area contributed by atoms with Gasteiger partial charge in [-0.05, 0) is 12.8 Å². The van der Waals surface area contributed by atoms with Crippen molar-refractivity contribution < 1.29 is 0 Å². The number of hydrogen-bond donors (Lipinski definition) is 0. The van der Waals surface area contributed by atoms with E-state index >= 15 is 0 Å². The van der Waals surface area contributed by atoms with Crippen molar-refractivity contribution in [3.8, 4) is 11.5 Å². The summed E-state index contributed by atoms with van der Waals surface area (Å²) >= 11 is 5.70. The third-order valence-corrected chi connectivity index (χ3v) is 2.90. The summed E-state index contributed by atoms with van der Waals surface area (Å²) in [6, 6.07) is 0. The quantitative estimate of drug-likeness (QED) is 0.755. The molecule has 3 heterocycles. The molecule has 0 spiro atoms. The topological polar surface area (TPSA) is 56.5 Å². The average Bonchev–Trinajstić information content (AvgIpc) is 2.74. The first kappa shape index (κ1) is 9.72. The van der Waals surface area contributed by atoms with Gasteiger partial charge in [-0.15, -0.1) is 10.2 Å². The van der Waals surface area contributed by atoms with Gasteiger partial charge in [-0.1, -0.05) is 11.6 Å². The van der Waals surface area contributed by atoms with Crippen LogP contribution >= 0.6 is 11.6 Å². The number of halogens is 1. The van der Waals surface area contributed by atoms with Crippen LogP contribution in [-0.2, 0) is 13.0 Å². The zero-order chi connectivity index (χ0) is 11.0. The van der Waals surface area contributed by atoms with Crippen LogP contribution in [0.15, 0.2) is 12.4 Å². The lowest BCUT2D eigenvalue weighted by Crippen LogP contribution is -2.11. The van der Waals surface area contributed by atoms with E-state index in [4.69, 9.17) is 11.6 Å². The fraction of sp³-hybridized carbons (Fsp3) is 0.400. The van der Waals surface area contributed by atoms with Crippen LogP contribution in [0.4, 0.5) is 0 Å². The molecule has 2 aromatic rings. The second-order valence-electron chi connectivity index (χ2n) is 3.77. The lowest BCUT2D eigenvalue weighted by atomic mass is 10.1. The predicted molar refractivity (Wildman–Crippen MR) is 59.0 cm³/mol. The van der Waals surface area contributed by atoms with Crippen molar-refractivity contribution in [3.05, 3.63) is 23.4 Å². The second-order valence-corrected chi connectivity index (χ2v) is 4.16. The average molecular weight is 236 g/mol. The molecule has 0 radical (unpaired) electrons. The van der Waals surface area contributed by atoms with Crippen molar-refractivity contribution in [2.75, 3.05) is 0 Å². The minimum atomic E-state index is 0.391. The Labute approximate surface area is 97.5 Å². The number of aromatic nitrogens is 5. The maximum Gasteiger partial charge on any atom is 0.184 e. The third kappa shape index (κ3) is 1.57. The predicted octanol–water partition coefficient (Wildman–Crippen LogP) is 1.72. The molecular weight excluding hydrogens is 226 g/mol. The highest BCUT2D eigenvalue weighted by atomic mass is 35.5. The maximum absolute atomic E-state index is 5.70. The minimum Gasteiger partial charge on any atom is -0.310 e. The standard InChI is InChI=1S/C10H10ClN5/c11-8-6-12-7(5-13-8)10-15-14-9-3-1-2-4-16(9)10/h5-6H,1-4H2. The van der Waals surface area contributed by atoms with Crippen molar-refractivity contribution in [2.24, 2.45) is 0 Å². The van der Waals surface area contributed by atoms with Crippen LogP contribution in [0.5, 0.6) is 0 Å². The summed E-state index contributed by atoms with van der Waals surface area (Å²) in [5, 5.41) is 8.72. The summed E-state index contributed by atoms with van der Waals surface area (Å²) in [4.78, 5) is 8.22. The maximum atomic E-state index is 5.70. The van der Waals surface area contributed by atoms with E-state index < -0.39 is 0 Å². The molecular formula is C10H10ClN5. The molecule has 0 atom stereocenters. The Morgan fingerprint density at radius 1 is 1.12 bits per heavy atom. The van der Waals surface area contributed by atoms with E-state index in [0.717, 1.165) is 30.3 Å². The van der Waals surface area contributed by atoms with Crippen molar-refractivity contribution in [3.63, 3.8) is 0 Å². The zero-order valence-electron chi connectivity index (χ0n) is 8.60. The summed E-state index contributed by atoms with van der Waals surface area (Å²) in [7, 11) is 0. The molecule has 16 heavy (non-hydrogen) atoms. The van der Waals surface area contributed by atoms with Gasteiger partial charge in [0.2, 0.25) is 0 Å². The van der Waals surface area contributed by atoms with Crippen LogP contribution in [0.25, 0.3) is 11.5 Å². The molecule has 0 unspecified atom stereocenters. The van der Waals surface area contributed by atoms with Crippen molar-refractivity contribution >= 4 is 11.6 Å². The smallest absolute Gasteiger partial charge is 0.184 e. The summed E-state index contributed by atoms with van der Waals surface area (Å²) in [5.41, 5.74) is 0.727. The Kier molecular flexibility index (Phi) is 2.32. The monoisotopic (exact) mass is 235 g/mol. The molecule has 0 saturated carbocycles. The van der Waals surface area contributed by atoms with Crippen LogP contribution in [0.2, 0.25) is 5.15 Å². The highest BCUT2D eigenvalue weighted by molar-refractivity contribution is 6.29. The third-order valence-electron chi connectivity index (χ3n) is 2.71. The van der Waals surface area contributed by atoms with Gasteiger partial charge in [-0.3, -0.25) is 0 Å². The van der Waals surface area contributed by atoms with Gasteiger partial charge in [-0.25, -0.2) is 9.97 Å². The van der Waals surface area contributed by atoms with Crippen LogP contribution in [-0.4, -0.2) is 24.7 Å². The molecule has 3 rings (SSSR count). The number of nitrogens with zero attached hydrogens (tertiary/aromatic N) is 5. The number of aryl methyl sites for hydroxylation is 1. The number of rotatable bonds is 1. The van der Waals surface area contributed by atoms with E-state index in [0.29, 0.717) is 5.15 Å². The molecule has 0 saturated heterocycles. The summed E-state index contributed by atoms with van der Waals surface area (Å²) in [6.45, 7) is 0.960. The van der Waals surface area contributed by atoms with Crippen molar-refractivity contribution in [1.82, 2.24) is 24.7 Å². The lowest BCUT2D eigenvalue weighted by molar-refractivity contribution is 0.525. The molecule has 0 bridgehead atoms. The zero-order valence-corrected chi connectivity index (χ0v) is 9.35. The van der Waals surface area contributed by atoms with E-state index in [1.54, 1.807) is 6.20 Å².